The van der Waals surface area contributed by atoms with Gasteiger partial charge in [-0.25, -0.2) is 0 Å². The van der Waals surface area contributed by atoms with E-state index in [1.54, 1.807) is 13.0 Å². The Hall–Kier alpha value is -0.605. The van der Waals surface area contributed by atoms with E-state index in [-0.39, 0.29) is 19.0 Å². The van der Waals surface area contributed by atoms with Gasteiger partial charge in [0.2, 0.25) is 0 Å². The molecule has 4 heteroatoms. The van der Waals surface area contributed by atoms with Crippen molar-refractivity contribution in [1.82, 2.24) is 0 Å². The largest absolute Gasteiger partial charge is 0.457 e. The minimum atomic E-state index is -0.845. The van der Waals surface area contributed by atoms with Crippen LogP contribution in [0.25, 0.3) is 0 Å². The monoisotopic (exact) mass is 182 g/mol. The zero-order valence-electron chi connectivity index (χ0n) is 8.37. The molecule has 1 rings (SSSR count). The summed E-state index contributed by atoms with van der Waals surface area (Å²) in [4.78, 5) is 11.3. The molecule has 0 saturated carbocycles. The van der Waals surface area contributed by atoms with Crippen molar-refractivity contribution < 1.29 is 14.1 Å². The van der Waals surface area contributed by atoms with E-state index in [1.165, 1.54) is 6.92 Å². The summed E-state index contributed by atoms with van der Waals surface area (Å²) in [7, 11) is -0.281. The predicted molar refractivity (Wildman–Crippen MR) is 51.5 cm³/mol. The van der Waals surface area contributed by atoms with Gasteiger partial charge in [-0.2, -0.15) is 0 Å². The Morgan fingerprint density at radius 3 is 2.69 bits per heavy atom. The summed E-state index contributed by atoms with van der Waals surface area (Å²) in [5.41, 5.74) is -0.845. The van der Waals surface area contributed by atoms with Gasteiger partial charge in [-0.1, -0.05) is 13.0 Å². The summed E-state index contributed by atoms with van der Waals surface area (Å²) in [6.07, 6.45) is 2.04. The molecule has 2 unspecified atom stereocenters. The number of hydrogen-bond acceptors (Lipinski definition) is 3. The van der Waals surface area contributed by atoms with E-state index in [9.17, 15) is 4.79 Å². The van der Waals surface area contributed by atoms with Gasteiger partial charge in [0, 0.05) is 0 Å². The molecular formula is C9H15BO3. The maximum Gasteiger partial charge on any atom is 0.457 e. The lowest BCUT2D eigenvalue weighted by molar-refractivity contribution is -0.131. The van der Waals surface area contributed by atoms with Crippen LogP contribution in [0.4, 0.5) is 0 Å². The molecule has 1 aliphatic heterocycles. The van der Waals surface area contributed by atoms with Crippen molar-refractivity contribution in [2.75, 3.05) is 0 Å². The summed E-state index contributed by atoms with van der Waals surface area (Å²) in [5, 5.41) is 0. The SMILES string of the molecule is C=CC1OB(CC)OC1(C)C(C)=O. The molecule has 0 spiro atoms. The molecule has 1 fully saturated rings. The van der Waals surface area contributed by atoms with Crippen LogP contribution in [-0.4, -0.2) is 24.6 Å². The maximum atomic E-state index is 11.3. The summed E-state index contributed by atoms with van der Waals surface area (Å²) in [6.45, 7) is 8.85. The highest BCUT2D eigenvalue weighted by Gasteiger charge is 2.49. The molecule has 0 aromatic heterocycles. The average molecular weight is 182 g/mol. The second-order valence-electron chi connectivity index (χ2n) is 3.41. The molecule has 0 radical (unpaired) electrons. The van der Waals surface area contributed by atoms with E-state index in [0.717, 1.165) is 6.32 Å². The van der Waals surface area contributed by atoms with Gasteiger partial charge < -0.3 is 9.31 Å². The Morgan fingerprint density at radius 1 is 1.77 bits per heavy atom. The summed E-state index contributed by atoms with van der Waals surface area (Å²) < 4.78 is 11.0. The second kappa shape index (κ2) is 3.64. The van der Waals surface area contributed by atoms with Crippen LogP contribution in [0.3, 0.4) is 0 Å². The van der Waals surface area contributed by atoms with Crippen LogP contribution in [0.5, 0.6) is 0 Å². The highest BCUT2D eigenvalue weighted by atomic mass is 16.7. The average Bonchev–Trinajstić information content (AvgIpc) is 2.43. The number of hydrogen-bond donors (Lipinski definition) is 0. The third kappa shape index (κ3) is 1.69. The quantitative estimate of drug-likeness (QED) is 0.489. The van der Waals surface area contributed by atoms with Gasteiger partial charge in [-0.05, 0) is 20.2 Å². The van der Waals surface area contributed by atoms with Crippen LogP contribution >= 0.6 is 0 Å². The van der Waals surface area contributed by atoms with Crippen molar-refractivity contribution in [3.05, 3.63) is 12.7 Å². The smallest absolute Gasteiger partial charge is 0.401 e. The summed E-state index contributed by atoms with van der Waals surface area (Å²) in [6, 6.07) is 0. The van der Waals surface area contributed by atoms with E-state index in [2.05, 4.69) is 6.58 Å². The highest BCUT2D eigenvalue weighted by molar-refractivity contribution is 6.45. The van der Waals surface area contributed by atoms with E-state index in [1.807, 2.05) is 6.92 Å². The molecule has 0 N–H and O–H groups in total. The molecule has 0 aromatic rings. The Kier molecular flexibility index (Phi) is 2.93. The topological polar surface area (TPSA) is 35.5 Å². The van der Waals surface area contributed by atoms with Crippen molar-refractivity contribution in [1.29, 1.82) is 0 Å². The first-order valence-corrected chi connectivity index (χ1v) is 4.51. The fourth-order valence-electron chi connectivity index (χ4n) is 1.40. The first kappa shape index (κ1) is 10.5. The third-order valence-electron chi connectivity index (χ3n) is 2.46. The molecule has 72 valence electrons. The highest BCUT2D eigenvalue weighted by Crippen LogP contribution is 2.30. The maximum absolute atomic E-state index is 11.3. The van der Waals surface area contributed by atoms with E-state index < -0.39 is 5.60 Å². The van der Waals surface area contributed by atoms with Crippen LogP contribution < -0.4 is 0 Å². The lowest BCUT2D eigenvalue weighted by atomic mass is 9.86. The van der Waals surface area contributed by atoms with Gasteiger partial charge >= 0.3 is 7.12 Å². The van der Waals surface area contributed by atoms with Gasteiger partial charge in [0.15, 0.2) is 5.78 Å². The van der Waals surface area contributed by atoms with Crippen molar-refractivity contribution in [3.63, 3.8) is 0 Å². The van der Waals surface area contributed by atoms with Crippen molar-refractivity contribution in [3.8, 4) is 0 Å². The molecule has 13 heavy (non-hydrogen) atoms. The van der Waals surface area contributed by atoms with Crippen LogP contribution in [-0.2, 0) is 14.1 Å². The molecule has 2 atom stereocenters. The Labute approximate surface area is 79.2 Å². The Bertz CT molecular complexity index is 229. The number of rotatable bonds is 3. The summed E-state index contributed by atoms with van der Waals surface area (Å²) >= 11 is 0. The van der Waals surface area contributed by atoms with E-state index in [0.29, 0.717) is 0 Å². The normalized spacial score (nSPS) is 33.5. The Morgan fingerprint density at radius 2 is 2.38 bits per heavy atom. The lowest BCUT2D eigenvalue weighted by Gasteiger charge is -2.24. The van der Waals surface area contributed by atoms with Gasteiger partial charge in [0.25, 0.3) is 0 Å². The molecule has 1 saturated heterocycles. The fourth-order valence-corrected chi connectivity index (χ4v) is 1.40. The van der Waals surface area contributed by atoms with Gasteiger partial charge in [-0.3, -0.25) is 4.79 Å². The van der Waals surface area contributed by atoms with Gasteiger partial charge in [0.1, 0.15) is 5.60 Å². The predicted octanol–water partition coefficient (Wildman–Crippen LogP) is 1.44. The van der Waals surface area contributed by atoms with Gasteiger partial charge in [0.05, 0.1) is 6.10 Å². The molecule has 1 heterocycles. The van der Waals surface area contributed by atoms with E-state index >= 15 is 0 Å². The first-order chi connectivity index (χ1) is 6.04. The van der Waals surface area contributed by atoms with E-state index in [4.69, 9.17) is 9.31 Å². The minimum absolute atomic E-state index is 0.0200. The molecule has 0 aromatic carbocycles. The molecule has 0 aliphatic carbocycles. The minimum Gasteiger partial charge on any atom is -0.401 e. The Balaban J connectivity index is 2.84. The lowest BCUT2D eigenvalue weighted by Crippen LogP contribution is -2.42. The molecule has 0 bridgehead atoms. The third-order valence-corrected chi connectivity index (χ3v) is 2.46. The van der Waals surface area contributed by atoms with Crippen molar-refractivity contribution in [2.24, 2.45) is 0 Å². The zero-order valence-corrected chi connectivity index (χ0v) is 8.37. The number of carbonyl (C=O) groups is 1. The van der Waals surface area contributed by atoms with Crippen LogP contribution in [0.2, 0.25) is 6.32 Å². The number of Topliss-reactive ketones (excluding diaryl/α,β-unsaturated/α-hetero) is 1. The van der Waals surface area contributed by atoms with Crippen LogP contribution in [0.15, 0.2) is 12.7 Å². The fraction of sp³-hybridized carbons (Fsp3) is 0.667. The van der Waals surface area contributed by atoms with Crippen molar-refractivity contribution >= 4 is 12.9 Å². The van der Waals surface area contributed by atoms with Gasteiger partial charge in [-0.15, -0.1) is 6.58 Å². The zero-order chi connectivity index (χ0) is 10.1. The molecule has 1 aliphatic rings. The standard InChI is InChI=1S/C9H15BO3/c1-5-8-9(4,7(3)11)13-10(6-2)12-8/h5,8H,1,6H2,2-4H3. The summed E-state index contributed by atoms with van der Waals surface area (Å²) in [5.74, 6) is -0.0200. The number of ketones is 1. The molecule has 3 nitrogen and oxygen atoms in total. The van der Waals surface area contributed by atoms with Crippen molar-refractivity contribution in [2.45, 2.75) is 38.8 Å². The van der Waals surface area contributed by atoms with Crippen LogP contribution in [0, 0.1) is 0 Å². The molecular weight excluding hydrogens is 167 g/mol. The second-order valence-corrected chi connectivity index (χ2v) is 3.41. The molecule has 0 amide bonds. The first-order valence-electron chi connectivity index (χ1n) is 4.51. The van der Waals surface area contributed by atoms with Crippen LogP contribution in [0.1, 0.15) is 20.8 Å². The number of carbonyl (C=O) groups excluding carboxylic acids is 1.